The van der Waals surface area contributed by atoms with Crippen LogP contribution in [0.2, 0.25) is 0 Å². The van der Waals surface area contributed by atoms with Gasteiger partial charge in [0, 0.05) is 16.6 Å². The first-order valence-corrected chi connectivity index (χ1v) is 8.14. The van der Waals surface area contributed by atoms with Gasteiger partial charge in [-0.2, -0.15) is 9.67 Å². The summed E-state index contributed by atoms with van der Waals surface area (Å²) in [5, 5.41) is 18.1. The highest BCUT2D eigenvalue weighted by atomic mass is 35.7. The summed E-state index contributed by atoms with van der Waals surface area (Å²) in [4.78, 5) is 13.3. The summed E-state index contributed by atoms with van der Waals surface area (Å²) in [5.74, 6) is 0.206. The molecule has 3 rings (SSSR count). The Kier molecular flexibility index (Phi) is 3.17. The highest BCUT2D eigenvalue weighted by Gasteiger charge is 2.32. The summed E-state index contributed by atoms with van der Waals surface area (Å²) in [6, 6.07) is 0. The van der Waals surface area contributed by atoms with Crippen LogP contribution in [-0.4, -0.2) is 33.3 Å². The molecule has 12 heteroatoms. The molecular formula is C9H8ClN5O5S. The van der Waals surface area contributed by atoms with Gasteiger partial charge in [-0.3, -0.25) is 0 Å². The van der Waals surface area contributed by atoms with Gasteiger partial charge in [0.1, 0.15) is 6.54 Å². The summed E-state index contributed by atoms with van der Waals surface area (Å²) in [5.41, 5.74) is 0. The Morgan fingerprint density at radius 1 is 1.52 bits per heavy atom. The average Bonchev–Trinajstić information content (AvgIpc) is 2.96. The zero-order valence-corrected chi connectivity index (χ0v) is 11.9. The summed E-state index contributed by atoms with van der Waals surface area (Å²) >= 11 is 0. The van der Waals surface area contributed by atoms with Crippen LogP contribution in [0.1, 0.15) is 30.5 Å². The van der Waals surface area contributed by atoms with Gasteiger partial charge in [-0.15, -0.1) is 0 Å². The lowest BCUT2D eigenvalue weighted by atomic mass is 10.4. The third kappa shape index (κ3) is 2.88. The maximum Gasteiger partial charge on any atom is 0.410 e. The van der Waals surface area contributed by atoms with Gasteiger partial charge in [0.05, 0.1) is 11.3 Å². The number of halogens is 1. The largest absolute Gasteiger partial charge is 0.410 e. The molecule has 21 heavy (non-hydrogen) atoms. The predicted molar refractivity (Wildman–Crippen MR) is 67.3 cm³/mol. The number of hydrogen-bond donors (Lipinski definition) is 0. The SMILES string of the molecule is O=[N+]([O-])c1nn(Cc2noc(C3CC3)n2)cc1S(=O)(=O)Cl. The molecule has 2 aromatic heterocycles. The van der Waals surface area contributed by atoms with Gasteiger partial charge in [0.15, 0.2) is 5.82 Å². The number of aromatic nitrogens is 4. The molecule has 1 aliphatic rings. The highest BCUT2D eigenvalue weighted by Crippen LogP contribution is 2.38. The molecule has 0 unspecified atom stereocenters. The van der Waals surface area contributed by atoms with Crippen molar-refractivity contribution in [1.82, 2.24) is 19.9 Å². The van der Waals surface area contributed by atoms with Gasteiger partial charge in [-0.25, -0.2) is 8.42 Å². The van der Waals surface area contributed by atoms with Gasteiger partial charge in [0.25, 0.3) is 9.05 Å². The minimum atomic E-state index is -4.27. The molecule has 0 N–H and O–H groups in total. The summed E-state index contributed by atoms with van der Waals surface area (Å²) in [6.45, 7) is -0.0521. The van der Waals surface area contributed by atoms with E-state index in [1.807, 2.05) is 0 Å². The number of rotatable bonds is 5. The molecule has 0 radical (unpaired) electrons. The van der Waals surface area contributed by atoms with E-state index in [0.29, 0.717) is 5.89 Å². The zero-order valence-electron chi connectivity index (χ0n) is 10.3. The monoisotopic (exact) mass is 333 g/mol. The van der Waals surface area contributed by atoms with Gasteiger partial charge in [0.2, 0.25) is 10.8 Å². The number of nitro groups is 1. The molecular weight excluding hydrogens is 326 g/mol. The second kappa shape index (κ2) is 4.77. The molecule has 0 bridgehead atoms. The van der Waals surface area contributed by atoms with E-state index >= 15 is 0 Å². The smallest absolute Gasteiger partial charge is 0.358 e. The van der Waals surface area contributed by atoms with Crippen molar-refractivity contribution in [2.75, 3.05) is 0 Å². The van der Waals surface area contributed by atoms with Gasteiger partial charge < -0.3 is 14.6 Å². The minimum absolute atomic E-state index is 0.0521. The van der Waals surface area contributed by atoms with Crippen LogP contribution in [-0.2, 0) is 15.6 Å². The molecule has 2 aromatic rings. The Bertz CT molecular complexity index is 808. The minimum Gasteiger partial charge on any atom is -0.358 e. The van der Waals surface area contributed by atoms with Gasteiger partial charge >= 0.3 is 5.82 Å². The Labute approximate surface area is 122 Å². The van der Waals surface area contributed by atoms with Crippen LogP contribution >= 0.6 is 10.7 Å². The van der Waals surface area contributed by atoms with Crippen molar-refractivity contribution in [3.63, 3.8) is 0 Å². The lowest BCUT2D eigenvalue weighted by molar-refractivity contribution is -0.392. The number of hydrogen-bond acceptors (Lipinski definition) is 8. The van der Waals surface area contributed by atoms with E-state index in [1.165, 1.54) is 0 Å². The molecule has 0 amide bonds. The second-order valence-electron chi connectivity index (χ2n) is 4.53. The van der Waals surface area contributed by atoms with Crippen LogP contribution in [0.3, 0.4) is 0 Å². The zero-order chi connectivity index (χ0) is 15.2. The topological polar surface area (TPSA) is 134 Å². The summed E-state index contributed by atoms with van der Waals surface area (Å²) in [6.07, 6.45) is 2.95. The van der Waals surface area contributed by atoms with Crippen LogP contribution in [0.4, 0.5) is 5.82 Å². The van der Waals surface area contributed by atoms with Crippen molar-refractivity contribution in [3.8, 4) is 0 Å². The van der Waals surface area contributed by atoms with E-state index in [4.69, 9.17) is 15.2 Å². The van der Waals surface area contributed by atoms with E-state index in [9.17, 15) is 18.5 Å². The van der Waals surface area contributed by atoms with Crippen LogP contribution in [0, 0.1) is 10.1 Å². The first kappa shape index (κ1) is 13.9. The molecule has 1 saturated carbocycles. The fraction of sp³-hybridized carbons (Fsp3) is 0.444. The van der Waals surface area contributed by atoms with Crippen LogP contribution in [0.15, 0.2) is 15.6 Å². The molecule has 10 nitrogen and oxygen atoms in total. The van der Waals surface area contributed by atoms with Crippen LogP contribution in [0.25, 0.3) is 0 Å². The molecule has 0 aromatic carbocycles. The summed E-state index contributed by atoms with van der Waals surface area (Å²) < 4.78 is 28.6. The van der Waals surface area contributed by atoms with Crippen molar-refractivity contribution in [1.29, 1.82) is 0 Å². The first-order valence-electron chi connectivity index (χ1n) is 5.83. The van der Waals surface area contributed by atoms with Crippen molar-refractivity contribution in [2.24, 2.45) is 0 Å². The van der Waals surface area contributed by atoms with Gasteiger partial charge in [-0.05, 0) is 17.8 Å². The first-order chi connectivity index (χ1) is 9.84. The van der Waals surface area contributed by atoms with Crippen LogP contribution in [0.5, 0.6) is 0 Å². The molecule has 1 fully saturated rings. The fourth-order valence-corrected chi connectivity index (χ4v) is 2.65. The molecule has 0 saturated heterocycles. The second-order valence-corrected chi connectivity index (χ2v) is 7.07. The average molecular weight is 334 g/mol. The molecule has 0 spiro atoms. The van der Waals surface area contributed by atoms with E-state index in [1.54, 1.807) is 0 Å². The standard InChI is InChI=1S/C9H8ClN5O5S/c10-21(18,19)6-3-14(12-8(6)15(16)17)4-7-11-9(20-13-7)5-1-2-5/h3,5H,1-2,4H2. The molecule has 112 valence electrons. The van der Waals surface area contributed by atoms with Crippen LogP contribution < -0.4 is 0 Å². The Morgan fingerprint density at radius 2 is 2.24 bits per heavy atom. The Hall–Kier alpha value is -2.01. The highest BCUT2D eigenvalue weighted by molar-refractivity contribution is 8.13. The number of nitrogens with zero attached hydrogens (tertiary/aromatic N) is 5. The Morgan fingerprint density at radius 3 is 2.76 bits per heavy atom. The van der Waals surface area contributed by atoms with Crippen molar-refractivity contribution < 1.29 is 17.9 Å². The van der Waals surface area contributed by atoms with Crippen molar-refractivity contribution in [3.05, 3.63) is 28.0 Å². The molecule has 0 atom stereocenters. The summed E-state index contributed by atoms with van der Waals surface area (Å²) in [7, 11) is 0.878. The van der Waals surface area contributed by atoms with E-state index < -0.39 is 24.7 Å². The third-order valence-corrected chi connectivity index (χ3v) is 4.17. The third-order valence-electron chi connectivity index (χ3n) is 2.86. The van der Waals surface area contributed by atoms with Gasteiger partial charge in [-0.1, -0.05) is 5.16 Å². The quantitative estimate of drug-likeness (QED) is 0.449. The molecule has 2 heterocycles. The normalized spacial score (nSPS) is 15.3. The maximum absolute atomic E-state index is 11.3. The lowest BCUT2D eigenvalue weighted by Crippen LogP contribution is -2.03. The maximum atomic E-state index is 11.3. The molecule has 0 aliphatic heterocycles. The van der Waals surface area contributed by atoms with E-state index in [-0.39, 0.29) is 18.3 Å². The van der Waals surface area contributed by atoms with Crippen molar-refractivity contribution >= 4 is 25.6 Å². The predicted octanol–water partition coefficient (Wildman–Crippen LogP) is 1.03. The van der Waals surface area contributed by atoms with Crippen molar-refractivity contribution in [2.45, 2.75) is 30.2 Å². The lowest BCUT2D eigenvalue weighted by Gasteiger charge is -1.89. The Balaban J connectivity index is 1.89. The van der Waals surface area contributed by atoms with E-state index in [0.717, 1.165) is 23.7 Å². The fourth-order valence-electron chi connectivity index (χ4n) is 1.75. The molecule has 1 aliphatic carbocycles. The van der Waals surface area contributed by atoms with E-state index in [2.05, 4.69) is 15.2 Å².